The van der Waals surface area contributed by atoms with Crippen LogP contribution in [0.1, 0.15) is 74.7 Å². The Hall–Kier alpha value is -2.74. The van der Waals surface area contributed by atoms with Gasteiger partial charge in [0, 0.05) is 13.3 Å². The minimum Gasteiger partial charge on any atom is -0.461 e. The van der Waals surface area contributed by atoms with E-state index in [1.165, 1.54) is 13.3 Å². The lowest BCUT2D eigenvalue weighted by Gasteiger charge is -2.22. The molecule has 0 aromatic heterocycles. The van der Waals surface area contributed by atoms with Crippen LogP contribution in [0.5, 0.6) is 0 Å². The van der Waals surface area contributed by atoms with Crippen molar-refractivity contribution in [3.63, 3.8) is 0 Å². The van der Waals surface area contributed by atoms with E-state index >= 15 is 0 Å². The van der Waals surface area contributed by atoms with Crippen LogP contribution >= 0.6 is 0 Å². The normalized spacial score (nSPS) is 12.3. The minimum absolute atomic E-state index is 0.0678. The molecule has 0 saturated carbocycles. The van der Waals surface area contributed by atoms with E-state index in [-0.39, 0.29) is 12.8 Å². The molecule has 0 aromatic rings. The molecule has 1 amide bonds. The number of ketones is 1. The standard InChI is InChI=1S/C17H27N3O7.C3H8/c1-10(2)25-14(22)13(8-7-12(21)9-19-18)20-16(24)27-11(3)26-15(23)17(4,5)6;1-3-2/h9-11,13,18H,7-8H2,1-6H3;3H2,1-2H3/p+1/t11?,13-;/m0./s1. The molecule has 0 aliphatic carbocycles. The van der Waals surface area contributed by atoms with Gasteiger partial charge in [-0.2, -0.15) is 0 Å². The number of Topliss-reactive ketones (excluding diaryl/α,β-unsaturated/α-hetero) is 1. The lowest BCUT2D eigenvalue weighted by Crippen LogP contribution is -2.44. The van der Waals surface area contributed by atoms with E-state index in [4.69, 9.17) is 19.7 Å². The Labute approximate surface area is 178 Å². The van der Waals surface area contributed by atoms with Crippen molar-refractivity contribution in [1.82, 2.24) is 5.32 Å². The molecule has 172 valence electrons. The summed E-state index contributed by atoms with van der Waals surface area (Å²) in [5, 5.41) is 2.29. The average Bonchev–Trinajstić information content (AvgIpc) is 2.57. The average molecular weight is 431 g/mol. The van der Waals surface area contributed by atoms with Gasteiger partial charge < -0.3 is 19.5 Å². The van der Waals surface area contributed by atoms with Crippen LogP contribution in [0.4, 0.5) is 4.79 Å². The number of esters is 2. The fourth-order valence-electron chi connectivity index (χ4n) is 1.67. The summed E-state index contributed by atoms with van der Waals surface area (Å²) in [7, 11) is 0. The van der Waals surface area contributed by atoms with Crippen LogP contribution in [-0.4, -0.2) is 53.3 Å². The highest BCUT2D eigenvalue weighted by molar-refractivity contribution is 6.25. The molecule has 0 radical (unpaired) electrons. The smallest absolute Gasteiger partial charge is 0.410 e. The van der Waals surface area contributed by atoms with Gasteiger partial charge in [-0.1, -0.05) is 20.3 Å². The lowest BCUT2D eigenvalue weighted by molar-refractivity contribution is -0.174. The third-order valence-corrected chi connectivity index (χ3v) is 2.97. The van der Waals surface area contributed by atoms with E-state index in [0.29, 0.717) is 0 Å². The van der Waals surface area contributed by atoms with Crippen molar-refractivity contribution >= 4 is 30.0 Å². The molecule has 0 rings (SSSR count). The molecule has 30 heavy (non-hydrogen) atoms. The topological polar surface area (TPSA) is 146 Å². The molecule has 0 spiro atoms. The highest BCUT2D eigenvalue weighted by atomic mass is 16.7. The fraction of sp³-hybridized carbons (Fsp3) is 0.750. The van der Waals surface area contributed by atoms with E-state index < -0.39 is 47.7 Å². The first-order chi connectivity index (χ1) is 13.8. The van der Waals surface area contributed by atoms with Crippen molar-refractivity contribution in [1.29, 1.82) is 5.53 Å². The molecule has 0 saturated heterocycles. The zero-order chi connectivity index (χ0) is 23.9. The van der Waals surface area contributed by atoms with Gasteiger partial charge in [0.25, 0.3) is 0 Å². The number of hydrogen-bond donors (Lipinski definition) is 2. The maximum Gasteiger partial charge on any atom is 0.410 e. The van der Waals surface area contributed by atoms with E-state index in [1.807, 2.05) is 0 Å². The van der Waals surface area contributed by atoms with Gasteiger partial charge in [-0.05, 0) is 41.0 Å². The van der Waals surface area contributed by atoms with Gasteiger partial charge in [0.1, 0.15) is 6.04 Å². The quantitative estimate of drug-likeness (QED) is 0.188. The Balaban J connectivity index is 0. The summed E-state index contributed by atoms with van der Waals surface area (Å²) in [5.74, 6) is -1.77. The number of alkyl carbamates (subject to hydrolysis) is 1. The van der Waals surface area contributed by atoms with Crippen molar-refractivity contribution < 1.29 is 38.2 Å². The number of rotatable bonds is 9. The molecule has 0 aliphatic heterocycles. The number of ether oxygens (including phenoxy) is 3. The summed E-state index contributed by atoms with van der Waals surface area (Å²) in [6, 6.07) is -1.14. The van der Waals surface area contributed by atoms with Crippen molar-refractivity contribution in [2.24, 2.45) is 5.41 Å². The summed E-state index contributed by atoms with van der Waals surface area (Å²) in [6.45, 7) is 13.8. The molecule has 0 aliphatic rings. The van der Waals surface area contributed by atoms with E-state index in [9.17, 15) is 19.2 Å². The van der Waals surface area contributed by atoms with Crippen LogP contribution in [-0.2, 0) is 28.6 Å². The molecule has 0 fully saturated rings. The van der Waals surface area contributed by atoms with Gasteiger partial charge in [-0.3, -0.25) is 9.59 Å². The highest BCUT2D eigenvalue weighted by Crippen LogP contribution is 2.16. The summed E-state index contributed by atoms with van der Waals surface area (Å²) in [5.41, 5.74) is 5.84. The first-order valence-corrected chi connectivity index (χ1v) is 9.89. The molecule has 0 bridgehead atoms. The summed E-state index contributed by atoms with van der Waals surface area (Å²) < 4.78 is 14.9. The van der Waals surface area contributed by atoms with Crippen LogP contribution < -0.4 is 5.32 Å². The molecule has 1 unspecified atom stereocenters. The van der Waals surface area contributed by atoms with Gasteiger partial charge in [0.05, 0.1) is 21.8 Å². The number of carbonyl (C=O) groups is 4. The van der Waals surface area contributed by atoms with Crippen LogP contribution in [0.15, 0.2) is 0 Å². The summed E-state index contributed by atoms with van der Waals surface area (Å²) in [4.78, 5) is 50.2. The lowest BCUT2D eigenvalue weighted by atomic mass is 9.97. The predicted molar refractivity (Wildman–Crippen MR) is 109 cm³/mol. The molecule has 2 atom stereocenters. The monoisotopic (exact) mass is 430 g/mol. The number of nitrogens with one attached hydrogen (secondary N) is 2. The van der Waals surface area contributed by atoms with Crippen LogP contribution in [0.3, 0.4) is 0 Å². The van der Waals surface area contributed by atoms with Gasteiger partial charge in [-0.25, -0.2) is 9.59 Å². The second-order valence-corrected chi connectivity index (χ2v) is 7.78. The Morgan fingerprint density at radius 3 is 2.00 bits per heavy atom. The zero-order valence-corrected chi connectivity index (χ0v) is 19.2. The Morgan fingerprint density at radius 1 is 1.03 bits per heavy atom. The maximum atomic E-state index is 12.1. The SMILES string of the molecule is CC(C)OC(=O)[C@H](CCC(=O)C=[N+]=N)NC(=O)OC(C)OC(=O)C(C)(C)C.CCC. The molecular formula is C20H36N3O7+. The Morgan fingerprint density at radius 2 is 1.57 bits per heavy atom. The molecular weight excluding hydrogens is 394 g/mol. The van der Waals surface area contributed by atoms with Gasteiger partial charge in [0.2, 0.25) is 12.1 Å². The number of nitrogens with zero attached hydrogens (tertiary/aromatic N) is 1. The molecule has 2 N–H and O–H groups in total. The summed E-state index contributed by atoms with van der Waals surface area (Å²) >= 11 is 0. The summed E-state index contributed by atoms with van der Waals surface area (Å²) in [6.07, 6.45) is -0.740. The first-order valence-electron chi connectivity index (χ1n) is 9.89. The molecule has 0 heterocycles. The number of hydrogen-bond acceptors (Lipinski definition) is 8. The van der Waals surface area contributed by atoms with E-state index in [0.717, 1.165) is 6.21 Å². The van der Waals surface area contributed by atoms with Gasteiger partial charge in [-0.15, -0.1) is 0 Å². The Kier molecular flexibility index (Phi) is 14.9. The fourth-order valence-corrected chi connectivity index (χ4v) is 1.67. The van der Waals surface area contributed by atoms with Gasteiger partial charge >= 0.3 is 24.2 Å². The van der Waals surface area contributed by atoms with Crippen LogP contribution in [0.2, 0.25) is 0 Å². The Bertz CT molecular complexity index is 620. The highest BCUT2D eigenvalue weighted by Gasteiger charge is 2.28. The van der Waals surface area contributed by atoms with E-state index in [1.54, 1.807) is 34.6 Å². The molecule has 0 aromatic carbocycles. The molecule has 10 nitrogen and oxygen atoms in total. The second kappa shape index (κ2) is 15.1. The first kappa shape index (κ1) is 29.5. The van der Waals surface area contributed by atoms with Crippen LogP contribution in [0, 0.1) is 10.9 Å². The third kappa shape index (κ3) is 15.2. The minimum atomic E-state index is -1.17. The predicted octanol–water partition coefficient (Wildman–Crippen LogP) is 3.04. The largest absolute Gasteiger partial charge is 0.461 e. The molecule has 10 heteroatoms. The van der Waals surface area contributed by atoms with Crippen molar-refractivity contribution in [2.75, 3.05) is 0 Å². The van der Waals surface area contributed by atoms with Gasteiger partial charge in [0.15, 0.2) is 0 Å². The van der Waals surface area contributed by atoms with Crippen LogP contribution in [0.25, 0.3) is 0 Å². The van der Waals surface area contributed by atoms with Crippen molar-refractivity contribution in [3.8, 4) is 0 Å². The maximum absolute atomic E-state index is 12.1. The zero-order valence-electron chi connectivity index (χ0n) is 19.2. The second-order valence-electron chi connectivity index (χ2n) is 7.78. The van der Waals surface area contributed by atoms with Crippen molar-refractivity contribution in [2.45, 2.75) is 93.1 Å². The third-order valence-electron chi connectivity index (χ3n) is 2.97. The number of amides is 1. The number of carbonyl (C=O) groups excluding carboxylic acids is 4. The van der Waals surface area contributed by atoms with Crippen molar-refractivity contribution in [3.05, 3.63) is 0 Å². The van der Waals surface area contributed by atoms with E-state index in [2.05, 4.69) is 24.0 Å².